The Morgan fingerprint density at radius 1 is 1.35 bits per heavy atom. The molecule has 1 N–H and O–H groups in total. The molecule has 0 spiro atoms. The first-order valence-corrected chi connectivity index (χ1v) is 7.29. The van der Waals surface area contributed by atoms with Crippen LogP contribution in [0.15, 0.2) is 24.4 Å². The summed E-state index contributed by atoms with van der Waals surface area (Å²) in [5.41, 5.74) is 1.50. The van der Waals surface area contributed by atoms with Crippen molar-refractivity contribution in [3.05, 3.63) is 40.9 Å². The third-order valence-corrected chi connectivity index (χ3v) is 4.00. The minimum Gasteiger partial charge on any atom is -0.353 e. The lowest BCUT2D eigenvalue weighted by Crippen LogP contribution is -2.17. The van der Waals surface area contributed by atoms with Gasteiger partial charge in [0.25, 0.3) is 0 Å². The normalized spacial score (nSPS) is 15.8. The van der Waals surface area contributed by atoms with Crippen molar-refractivity contribution in [3.63, 3.8) is 0 Å². The number of aromatic nitrogens is 2. The minimum absolute atomic E-state index is 0.303. The summed E-state index contributed by atoms with van der Waals surface area (Å²) in [6, 6.07) is 4.81. The summed E-state index contributed by atoms with van der Waals surface area (Å²) in [4.78, 5) is 4.49. The van der Waals surface area contributed by atoms with E-state index in [-0.39, 0.29) is 5.82 Å². The molecule has 20 heavy (non-hydrogen) atoms. The van der Waals surface area contributed by atoms with Gasteiger partial charge in [0.05, 0.1) is 16.4 Å². The van der Waals surface area contributed by atoms with Gasteiger partial charge in [-0.25, -0.2) is 9.37 Å². The summed E-state index contributed by atoms with van der Waals surface area (Å²) in [5, 5.41) is 3.96. The van der Waals surface area contributed by atoms with Crippen LogP contribution < -0.4 is 5.32 Å². The smallest absolute Gasteiger partial charge is 0.208 e. The molecule has 3 nitrogen and oxygen atoms in total. The molecule has 1 saturated carbocycles. The van der Waals surface area contributed by atoms with Crippen molar-refractivity contribution >= 4 is 17.5 Å². The van der Waals surface area contributed by atoms with Gasteiger partial charge in [-0.05, 0) is 38.0 Å². The van der Waals surface area contributed by atoms with E-state index in [0.717, 1.165) is 24.5 Å². The molecule has 2 aromatic rings. The molecule has 0 bridgehead atoms. The molecule has 1 fully saturated rings. The Kier molecular flexibility index (Phi) is 3.66. The van der Waals surface area contributed by atoms with Crippen LogP contribution in [-0.4, -0.2) is 15.6 Å². The van der Waals surface area contributed by atoms with E-state index < -0.39 is 0 Å². The van der Waals surface area contributed by atoms with Crippen LogP contribution in [0.1, 0.15) is 31.4 Å². The van der Waals surface area contributed by atoms with E-state index in [1.54, 1.807) is 6.07 Å². The maximum atomic E-state index is 13.5. The Bertz CT molecular complexity index is 618. The summed E-state index contributed by atoms with van der Waals surface area (Å²) in [6.45, 7) is 1.92. The zero-order chi connectivity index (χ0) is 14.1. The quantitative estimate of drug-likeness (QED) is 0.913. The highest BCUT2D eigenvalue weighted by molar-refractivity contribution is 6.32. The SMILES string of the molecule is Cc1cn(-c2cc(F)ccc2Cl)c(NC2CCCC2)n1. The van der Waals surface area contributed by atoms with Gasteiger partial charge in [-0.3, -0.25) is 4.57 Å². The van der Waals surface area contributed by atoms with E-state index in [1.165, 1.54) is 25.0 Å². The van der Waals surface area contributed by atoms with Gasteiger partial charge < -0.3 is 5.32 Å². The van der Waals surface area contributed by atoms with Crippen LogP contribution in [0.3, 0.4) is 0 Å². The highest BCUT2D eigenvalue weighted by Gasteiger charge is 2.18. The minimum atomic E-state index is -0.303. The maximum Gasteiger partial charge on any atom is 0.208 e. The molecule has 1 heterocycles. The molecule has 1 aromatic heterocycles. The van der Waals surface area contributed by atoms with E-state index in [9.17, 15) is 4.39 Å². The van der Waals surface area contributed by atoms with Crippen molar-refractivity contribution in [1.82, 2.24) is 9.55 Å². The Balaban J connectivity index is 1.97. The van der Waals surface area contributed by atoms with E-state index in [4.69, 9.17) is 11.6 Å². The van der Waals surface area contributed by atoms with Gasteiger partial charge in [0.1, 0.15) is 5.82 Å². The summed E-state index contributed by atoms with van der Waals surface area (Å²) >= 11 is 6.19. The van der Waals surface area contributed by atoms with Crippen molar-refractivity contribution in [2.24, 2.45) is 0 Å². The number of nitrogens with zero attached hydrogens (tertiary/aromatic N) is 2. The van der Waals surface area contributed by atoms with Crippen molar-refractivity contribution in [2.45, 2.75) is 38.6 Å². The van der Waals surface area contributed by atoms with Crippen LogP contribution in [0.5, 0.6) is 0 Å². The van der Waals surface area contributed by atoms with Crippen molar-refractivity contribution in [3.8, 4) is 5.69 Å². The third-order valence-electron chi connectivity index (χ3n) is 3.68. The Hall–Kier alpha value is -1.55. The van der Waals surface area contributed by atoms with Crippen LogP contribution in [0, 0.1) is 12.7 Å². The predicted octanol–water partition coefficient (Wildman–Crippen LogP) is 4.33. The summed E-state index contributed by atoms with van der Waals surface area (Å²) < 4.78 is 15.3. The van der Waals surface area contributed by atoms with Crippen LogP contribution in [0.4, 0.5) is 10.3 Å². The van der Waals surface area contributed by atoms with Gasteiger partial charge in [-0.1, -0.05) is 24.4 Å². The van der Waals surface area contributed by atoms with E-state index in [2.05, 4.69) is 10.3 Å². The van der Waals surface area contributed by atoms with Crippen molar-refractivity contribution in [2.75, 3.05) is 5.32 Å². The molecule has 0 unspecified atom stereocenters. The first-order valence-electron chi connectivity index (χ1n) is 6.91. The lowest BCUT2D eigenvalue weighted by Gasteiger charge is -2.15. The summed E-state index contributed by atoms with van der Waals surface area (Å²) in [6.07, 6.45) is 6.68. The van der Waals surface area contributed by atoms with Crippen LogP contribution in [0.25, 0.3) is 5.69 Å². The number of rotatable bonds is 3. The van der Waals surface area contributed by atoms with Gasteiger partial charge in [0, 0.05) is 12.2 Å². The highest BCUT2D eigenvalue weighted by Crippen LogP contribution is 2.27. The zero-order valence-electron chi connectivity index (χ0n) is 11.4. The summed E-state index contributed by atoms with van der Waals surface area (Å²) in [7, 11) is 0. The highest BCUT2D eigenvalue weighted by atomic mass is 35.5. The molecule has 1 aliphatic rings. The largest absolute Gasteiger partial charge is 0.353 e. The number of nitrogens with one attached hydrogen (secondary N) is 1. The fourth-order valence-corrected chi connectivity index (χ4v) is 2.91. The third kappa shape index (κ3) is 2.66. The van der Waals surface area contributed by atoms with Gasteiger partial charge in [-0.15, -0.1) is 0 Å². The lowest BCUT2D eigenvalue weighted by atomic mass is 10.2. The number of halogens is 2. The van der Waals surface area contributed by atoms with Crippen LogP contribution in [-0.2, 0) is 0 Å². The molecule has 1 aromatic carbocycles. The number of hydrogen-bond donors (Lipinski definition) is 1. The summed E-state index contributed by atoms with van der Waals surface area (Å²) in [5.74, 6) is 0.435. The van der Waals surface area contributed by atoms with Crippen molar-refractivity contribution < 1.29 is 4.39 Å². The second-order valence-electron chi connectivity index (χ2n) is 5.30. The predicted molar refractivity (Wildman–Crippen MR) is 79.1 cm³/mol. The molecule has 0 atom stereocenters. The Labute approximate surface area is 122 Å². The van der Waals surface area contributed by atoms with E-state index in [0.29, 0.717) is 16.8 Å². The van der Waals surface area contributed by atoms with E-state index >= 15 is 0 Å². The van der Waals surface area contributed by atoms with Gasteiger partial charge in [0.15, 0.2) is 0 Å². The molecule has 0 aliphatic heterocycles. The van der Waals surface area contributed by atoms with E-state index in [1.807, 2.05) is 17.7 Å². The average Bonchev–Trinajstić information content (AvgIpc) is 3.03. The maximum absolute atomic E-state index is 13.5. The molecular formula is C15H17ClFN3. The molecule has 0 amide bonds. The molecule has 5 heteroatoms. The van der Waals surface area contributed by atoms with Gasteiger partial charge in [-0.2, -0.15) is 0 Å². The average molecular weight is 294 g/mol. The molecule has 106 valence electrons. The van der Waals surface area contributed by atoms with Crippen LogP contribution in [0.2, 0.25) is 5.02 Å². The number of benzene rings is 1. The van der Waals surface area contributed by atoms with Gasteiger partial charge >= 0.3 is 0 Å². The Morgan fingerprint density at radius 2 is 2.10 bits per heavy atom. The molecule has 1 aliphatic carbocycles. The second kappa shape index (κ2) is 5.44. The number of hydrogen-bond acceptors (Lipinski definition) is 2. The molecule has 0 saturated heterocycles. The molecule has 3 rings (SSSR count). The first-order chi connectivity index (χ1) is 9.63. The topological polar surface area (TPSA) is 29.9 Å². The monoisotopic (exact) mass is 293 g/mol. The Morgan fingerprint density at radius 3 is 2.85 bits per heavy atom. The number of anilines is 1. The lowest BCUT2D eigenvalue weighted by molar-refractivity contribution is 0.626. The second-order valence-corrected chi connectivity index (χ2v) is 5.70. The fraction of sp³-hybridized carbons (Fsp3) is 0.400. The number of aryl methyl sites for hydroxylation is 1. The standard InChI is InChI=1S/C15H17ClFN3/c1-10-9-20(14-8-11(17)6-7-13(14)16)15(18-10)19-12-4-2-3-5-12/h6-9,12H,2-5H2,1H3,(H,18,19). The van der Waals surface area contributed by atoms with Crippen LogP contribution >= 0.6 is 11.6 Å². The van der Waals surface area contributed by atoms with Crippen molar-refractivity contribution in [1.29, 1.82) is 0 Å². The number of imidazole rings is 1. The molecule has 0 radical (unpaired) electrons. The van der Waals surface area contributed by atoms with Gasteiger partial charge in [0.2, 0.25) is 5.95 Å². The first kappa shape index (κ1) is 13.4. The molecular weight excluding hydrogens is 277 g/mol. The fourth-order valence-electron chi connectivity index (χ4n) is 2.71. The zero-order valence-corrected chi connectivity index (χ0v) is 12.1.